The van der Waals surface area contributed by atoms with E-state index in [1.54, 1.807) is 0 Å². The zero-order valence-corrected chi connectivity index (χ0v) is 11.3. The lowest BCUT2D eigenvalue weighted by Gasteiger charge is -2.05. The van der Waals surface area contributed by atoms with E-state index in [0.717, 1.165) is 20.7 Å². The Bertz CT molecular complexity index is 491. The van der Waals surface area contributed by atoms with Crippen LogP contribution in [0.25, 0.3) is 0 Å². The van der Waals surface area contributed by atoms with Gasteiger partial charge in [0.25, 0.3) is 0 Å². The molecule has 17 heavy (non-hydrogen) atoms. The van der Waals surface area contributed by atoms with Gasteiger partial charge < -0.3 is 10.2 Å². The number of hydrazine groups is 1. The first-order valence-electron chi connectivity index (χ1n) is 4.90. The Kier molecular flexibility index (Phi) is 4.43. The van der Waals surface area contributed by atoms with Gasteiger partial charge in [-0.15, -0.1) is 5.10 Å². The summed E-state index contributed by atoms with van der Waals surface area (Å²) in [6.07, 6.45) is 0. The summed E-state index contributed by atoms with van der Waals surface area (Å²) in [6.45, 7) is 0.903. The van der Waals surface area contributed by atoms with E-state index in [-0.39, 0.29) is 0 Å². The summed E-state index contributed by atoms with van der Waals surface area (Å²) in [6, 6.07) is 7.93. The van der Waals surface area contributed by atoms with Crippen LogP contribution in [0.5, 0.6) is 0 Å². The van der Waals surface area contributed by atoms with Gasteiger partial charge in [-0.25, -0.2) is 5.84 Å². The molecule has 2 rings (SSSR count). The average molecular weight is 315 g/mol. The van der Waals surface area contributed by atoms with Gasteiger partial charge in [-0.3, -0.25) is 0 Å². The average Bonchev–Trinajstić information content (AvgIpc) is 2.79. The first-order valence-corrected chi connectivity index (χ1v) is 6.47. The first kappa shape index (κ1) is 12.4. The van der Waals surface area contributed by atoms with E-state index in [2.05, 4.69) is 30.9 Å². The van der Waals surface area contributed by atoms with Crippen LogP contribution in [-0.2, 0) is 18.0 Å². The molecule has 0 aliphatic carbocycles. The molecule has 2 aromatic rings. The summed E-state index contributed by atoms with van der Waals surface area (Å²) < 4.78 is 10.4. The number of hydrogen-bond donors (Lipinski definition) is 2. The van der Waals surface area contributed by atoms with Crippen molar-refractivity contribution < 1.29 is 4.74 Å². The first-order chi connectivity index (χ1) is 8.31. The molecule has 0 radical (unpaired) electrons. The molecule has 1 aromatic heterocycles. The van der Waals surface area contributed by atoms with Gasteiger partial charge in [0.2, 0.25) is 0 Å². The largest absolute Gasteiger partial charge is 0.370 e. The van der Waals surface area contributed by atoms with Crippen molar-refractivity contribution in [3.05, 3.63) is 40.0 Å². The van der Waals surface area contributed by atoms with E-state index in [0.29, 0.717) is 13.2 Å². The van der Waals surface area contributed by atoms with Crippen molar-refractivity contribution in [2.24, 2.45) is 5.84 Å². The molecule has 7 heteroatoms. The lowest BCUT2D eigenvalue weighted by atomic mass is 10.2. The number of nitrogens with one attached hydrogen (secondary N) is 1. The van der Waals surface area contributed by atoms with Gasteiger partial charge in [-0.05, 0) is 11.6 Å². The number of aromatic nitrogens is 2. The molecule has 0 bridgehead atoms. The molecule has 1 aromatic carbocycles. The molecule has 0 saturated carbocycles. The Hall–Kier alpha value is -1.02. The second kappa shape index (κ2) is 6.06. The lowest BCUT2D eigenvalue weighted by Crippen LogP contribution is -2.08. The van der Waals surface area contributed by atoms with Gasteiger partial charge in [-0.2, -0.15) is 0 Å². The second-order valence-electron chi connectivity index (χ2n) is 3.28. The molecule has 5 nitrogen and oxygen atoms in total. The quantitative estimate of drug-likeness (QED) is 0.654. The number of benzene rings is 1. The maximum atomic E-state index is 5.57. The van der Waals surface area contributed by atoms with Crippen molar-refractivity contribution in [1.82, 2.24) is 9.59 Å². The number of ether oxygens (including phenoxy) is 1. The number of nitrogens with zero attached hydrogens (tertiary/aromatic N) is 2. The van der Waals surface area contributed by atoms with E-state index in [9.17, 15) is 0 Å². The molecule has 0 aliphatic rings. The predicted molar refractivity (Wildman–Crippen MR) is 70.4 cm³/mol. The molecule has 1 heterocycles. The Balaban J connectivity index is 1.90. The van der Waals surface area contributed by atoms with Crippen LogP contribution in [0.4, 0.5) is 5.00 Å². The maximum absolute atomic E-state index is 5.57. The van der Waals surface area contributed by atoms with Gasteiger partial charge in [0.05, 0.1) is 13.2 Å². The molecule has 0 unspecified atom stereocenters. The molecule has 90 valence electrons. The van der Waals surface area contributed by atoms with Gasteiger partial charge in [-0.1, -0.05) is 38.6 Å². The summed E-state index contributed by atoms with van der Waals surface area (Å²) in [5.41, 5.74) is 4.36. The fourth-order valence-corrected chi connectivity index (χ4v) is 2.16. The Morgan fingerprint density at radius 2 is 2.18 bits per heavy atom. The monoisotopic (exact) mass is 314 g/mol. The SMILES string of the molecule is NNc1snnc1COCc1ccccc1Br. The van der Waals surface area contributed by atoms with Crippen LogP contribution in [0.1, 0.15) is 11.3 Å². The molecule has 0 saturated heterocycles. The molecule has 0 aliphatic heterocycles. The van der Waals surface area contributed by atoms with Crippen molar-refractivity contribution in [2.45, 2.75) is 13.2 Å². The number of nitrogens with two attached hydrogens (primary N) is 1. The fourth-order valence-electron chi connectivity index (χ4n) is 1.29. The van der Waals surface area contributed by atoms with Crippen LogP contribution in [0.3, 0.4) is 0 Å². The number of nitrogen functional groups attached to an aromatic ring is 1. The van der Waals surface area contributed by atoms with Crippen molar-refractivity contribution in [2.75, 3.05) is 5.43 Å². The highest BCUT2D eigenvalue weighted by Crippen LogP contribution is 2.19. The standard InChI is InChI=1S/C10H11BrN4OS/c11-8-4-2-1-3-7(8)5-16-6-9-10(13-12)17-15-14-9/h1-4,13H,5-6,12H2. The van der Waals surface area contributed by atoms with Crippen LogP contribution in [0, 0.1) is 0 Å². The Labute approximate surface area is 111 Å². The highest BCUT2D eigenvalue weighted by atomic mass is 79.9. The summed E-state index contributed by atoms with van der Waals surface area (Å²) >= 11 is 4.68. The Morgan fingerprint density at radius 3 is 2.94 bits per heavy atom. The molecule has 0 amide bonds. The minimum atomic E-state index is 0.386. The van der Waals surface area contributed by atoms with Crippen LogP contribution in [0.15, 0.2) is 28.7 Å². The van der Waals surface area contributed by atoms with Crippen molar-refractivity contribution in [1.29, 1.82) is 0 Å². The maximum Gasteiger partial charge on any atom is 0.149 e. The third-order valence-electron chi connectivity index (χ3n) is 2.14. The molecular weight excluding hydrogens is 304 g/mol. The van der Waals surface area contributed by atoms with E-state index in [1.807, 2.05) is 24.3 Å². The highest BCUT2D eigenvalue weighted by Gasteiger charge is 2.07. The highest BCUT2D eigenvalue weighted by molar-refractivity contribution is 9.10. The van der Waals surface area contributed by atoms with Crippen LogP contribution in [-0.4, -0.2) is 9.59 Å². The van der Waals surface area contributed by atoms with Gasteiger partial charge >= 0.3 is 0 Å². The zero-order chi connectivity index (χ0) is 12.1. The van der Waals surface area contributed by atoms with Gasteiger partial charge in [0.15, 0.2) is 0 Å². The summed E-state index contributed by atoms with van der Waals surface area (Å²) in [4.78, 5) is 0. The van der Waals surface area contributed by atoms with E-state index in [1.165, 1.54) is 11.5 Å². The van der Waals surface area contributed by atoms with Crippen LogP contribution < -0.4 is 11.3 Å². The van der Waals surface area contributed by atoms with Crippen molar-refractivity contribution in [3.63, 3.8) is 0 Å². The predicted octanol–water partition coefficient (Wildman–Crippen LogP) is 2.30. The number of rotatable bonds is 5. The van der Waals surface area contributed by atoms with Gasteiger partial charge in [0.1, 0.15) is 10.7 Å². The zero-order valence-electron chi connectivity index (χ0n) is 8.89. The summed E-state index contributed by atoms with van der Waals surface area (Å²) in [5.74, 6) is 5.32. The van der Waals surface area contributed by atoms with E-state index in [4.69, 9.17) is 10.6 Å². The number of halogens is 1. The van der Waals surface area contributed by atoms with Crippen molar-refractivity contribution >= 4 is 32.5 Å². The number of anilines is 1. The summed E-state index contributed by atoms with van der Waals surface area (Å²) in [7, 11) is 0. The second-order valence-corrected chi connectivity index (χ2v) is 4.89. The molecule has 0 spiro atoms. The third-order valence-corrected chi connectivity index (χ3v) is 3.61. The third kappa shape index (κ3) is 3.22. The Morgan fingerprint density at radius 1 is 1.35 bits per heavy atom. The molecule has 0 atom stereocenters. The van der Waals surface area contributed by atoms with Crippen molar-refractivity contribution in [3.8, 4) is 0 Å². The topological polar surface area (TPSA) is 73.1 Å². The molecule has 0 fully saturated rings. The minimum Gasteiger partial charge on any atom is -0.370 e. The van der Waals surface area contributed by atoms with E-state index >= 15 is 0 Å². The van der Waals surface area contributed by atoms with Crippen LogP contribution >= 0.6 is 27.5 Å². The van der Waals surface area contributed by atoms with Gasteiger partial charge in [0, 0.05) is 16.0 Å². The fraction of sp³-hybridized carbons (Fsp3) is 0.200. The normalized spacial score (nSPS) is 10.5. The summed E-state index contributed by atoms with van der Waals surface area (Å²) in [5, 5.41) is 4.66. The molecular formula is C10H11BrN4OS. The van der Waals surface area contributed by atoms with Crippen LogP contribution in [0.2, 0.25) is 0 Å². The number of hydrogen-bond acceptors (Lipinski definition) is 6. The van der Waals surface area contributed by atoms with E-state index < -0.39 is 0 Å². The lowest BCUT2D eigenvalue weighted by molar-refractivity contribution is 0.104. The molecule has 3 N–H and O–H groups in total. The minimum absolute atomic E-state index is 0.386. The smallest absolute Gasteiger partial charge is 0.149 e.